The summed E-state index contributed by atoms with van der Waals surface area (Å²) in [5, 5.41) is 8.93. The van der Waals surface area contributed by atoms with E-state index in [1.165, 1.54) is 5.56 Å². The van der Waals surface area contributed by atoms with Crippen LogP contribution in [0.4, 0.5) is 0 Å². The number of hydrazone groups is 1. The van der Waals surface area contributed by atoms with Crippen molar-refractivity contribution >= 4 is 28.1 Å². The van der Waals surface area contributed by atoms with Crippen molar-refractivity contribution in [3.05, 3.63) is 101 Å². The summed E-state index contributed by atoms with van der Waals surface area (Å²) in [5.41, 5.74) is 7.18. The van der Waals surface area contributed by atoms with Gasteiger partial charge >= 0.3 is 0 Å². The van der Waals surface area contributed by atoms with E-state index in [1.807, 2.05) is 85.9 Å². The maximum Gasteiger partial charge on any atom is 0.280 e. The molecule has 0 spiro atoms. The summed E-state index contributed by atoms with van der Waals surface area (Å²) < 4.78 is 8.31. The molecule has 0 radical (unpaired) electrons. The second-order valence-corrected chi connectivity index (χ2v) is 8.36. The van der Waals surface area contributed by atoms with Gasteiger partial charge < -0.3 is 4.74 Å². The lowest BCUT2D eigenvalue weighted by Gasteiger charge is -2.13. The molecule has 1 N–H and O–H groups in total. The third-order valence-corrected chi connectivity index (χ3v) is 5.63. The zero-order valence-corrected chi connectivity index (χ0v) is 19.9. The van der Waals surface area contributed by atoms with Gasteiger partial charge in [0.05, 0.1) is 16.4 Å². The molecular formula is C26H23BrN4O2. The highest BCUT2D eigenvalue weighted by Crippen LogP contribution is 2.25. The molecule has 0 aliphatic rings. The van der Waals surface area contributed by atoms with Crippen LogP contribution < -0.4 is 10.2 Å². The van der Waals surface area contributed by atoms with Crippen LogP contribution in [-0.4, -0.2) is 28.0 Å². The van der Waals surface area contributed by atoms with E-state index in [1.54, 1.807) is 23.9 Å². The van der Waals surface area contributed by atoms with Crippen molar-refractivity contribution in [1.82, 2.24) is 15.2 Å². The van der Waals surface area contributed by atoms with E-state index in [-0.39, 0.29) is 5.91 Å². The maximum absolute atomic E-state index is 12.5. The van der Waals surface area contributed by atoms with Gasteiger partial charge in [0.2, 0.25) is 0 Å². The molecule has 166 valence electrons. The van der Waals surface area contributed by atoms with Crippen molar-refractivity contribution in [2.45, 2.75) is 20.0 Å². The number of carbonyl (C=O) groups is 1. The second kappa shape index (κ2) is 10.3. The van der Waals surface area contributed by atoms with E-state index in [9.17, 15) is 4.79 Å². The van der Waals surface area contributed by atoms with Crippen LogP contribution in [0.1, 0.15) is 18.1 Å². The number of carbonyl (C=O) groups excluding carboxylic acids is 1. The summed E-state index contributed by atoms with van der Waals surface area (Å²) in [7, 11) is 0. The Bertz CT molecular complexity index is 1270. The van der Waals surface area contributed by atoms with E-state index in [2.05, 4.69) is 26.5 Å². The standard InChI is InChI=1S/C26H23BrN4O2/c1-18-12-14-20(15-13-18)25-21(17-31(30-25)22-8-4-3-5-9-22)16-28-29-26(32)19(2)33-24-11-7-6-10-23(24)27/h3-17,19H,1-2H3,(H,29,32). The van der Waals surface area contributed by atoms with Crippen molar-refractivity contribution in [2.24, 2.45) is 5.10 Å². The van der Waals surface area contributed by atoms with Gasteiger partial charge in [-0.2, -0.15) is 10.2 Å². The number of rotatable bonds is 7. The first kappa shape index (κ1) is 22.5. The lowest BCUT2D eigenvalue weighted by atomic mass is 10.1. The molecule has 0 aliphatic heterocycles. The molecule has 1 unspecified atom stereocenters. The third-order valence-electron chi connectivity index (χ3n) is 4.98. The Kier molecular flexibility index (Phi) is 7.00. The number of hydrogen-bond donors (Lipinski definition) is 1. The van der Waals surface area contributed by atoms with Gasteiger partial charge in [0, 0.05) is 17.3 Å². The van der Waals surface area contributed by atoms with E-state index < -0.39 is 6.10 Å². The first-order valence-corrected chi connectivity index (χ1v) is 11.3. The van der Waals surface area contributed by atoms with E-state index in [0.717, 1.165) is 27.0 Å². The monoisotopic (exact) mass is 502 g/mol. The number of para-hydroxylation sites is 2. The number of amides is 1. The van der Waals surface area contributed by atoms with Gasteiger partial charge in [-0.3, -0.25) is 4.79 Å². The predicted molar refractivity (Wildman–Crippen MR) is 134 cm³/mol. The highest BCUT2D eigenvalue weighted by atomic mass is 79.9. The Hall–Kier alpha value is -3.71. The summed E-state index contributed by atoms with van der Waals surface area (Å²) in [4.78, 5) is 12.5. The minimum Gasteiger partial charge on any atom is -0.480 e. The summed E-state index contributed by atoms with van der Waals surface area (Å²) >= 11 is 3.42. The number of aromatic nitrogens is 2. The van der Waals surface area contributed by atoms with E-state index >= 15 is 0 Å². The number of hydrogen-bond acceptors (Lipinski definition) is 4. The molecule has 1 atom stereocenters. The SMILES string of the molecule is Cc1ccc(-c2nn(-c3ccccc3)cc2C=NNC(=O)C(C)Oc2ccccc2Br)cc1. The molecule has 0 bridgehead atoms. The molecule has 4 rings (SSSR count). The van der Waals surface area contributed by atoms with Crippen LogP contribution in [0.3, 0.4) is 0 Å². The molecule has 4 aromatic rings. The van der Waals surface area contributed by atoms with Crippen molar-refractivity contribution in [2.75, 3.05) is 0 Å². The number of ether oxygens (including phenoxy) is 1. The fourth-order valence-electron chi connectivity index (χ4n) is 3.17. The summed E-state index contributed by atoms with van der Waals surface area (Å²) in [6, 6.07) is 25.4. The van der Waals surface area contributed by atoms with Gasteiger partial charge in [0.25, 0.3) is 5.91 Å². The largest absolute Gasteiger partial charge is 0.480 e. The van der Waals surface area contributed by atoms with Crippen LogP contribution in [-0.2, 0) is 4.79 Å². The molecule has 1 amide bonds. The van der Waals surface area contributed by atoms with Gasteiger partial charge in [-0.25, -0.2) is 10.1 Å². The number of nitrogens with one attached hydrogen (secondary N) is 1. The van der Waals surface area contributed by atoms with Gasteiger partial charge in [0.1, 0.15) is 11.4 Å². The minimum atomic E-state index is -0.718. The summed E-state index contributed by atoms with van der Waals surface area (Å²) in [6.45, 7) is 3.72. The van der Waals surface area contributed by atoms with Crippen molar-refractivity contribution in [3.8, 4) is 22.7 Å². The molecule has 1 aromatic heterocycles. The smallest absolute Gasteiger partial charge is 0.280 e. The Balaban J connectivity index is 1.53. The Labute approximate surface area is 201 Å². The molecule has 6 nitrogen and oxygen atoms in total. The average Bonchev–Trinajstić information content (AvgIpc) is 3.25. The molecule has 0 aliphatic carbocycles. The molecule has 0 saturated heterocycles. The Morgan fingerprint density at radius 3 is 2.48 bits per heavy atom. The lowest BCUT2D eigenvalue weighted by Crippen LogP contribution is -2.33. The van der Waals surface area contributed by atoms with Gasteiger partial charge in [0.15, 0.2) is 6.10 Å². The van der Waals surface area contributed by atoms with Crippen LogP contribution in [0.15, 0.2) is 94.6 Å². The van der Waals surface area contributed by atoms with Crippen molar-refractivity contribution in [3.63, 3.8) is 0 Å². The topological polar surface area (TPSA) is 68.5 Å². The molecule has 0 fully saturated rings. The lowest BCUT2D eigenvalue weighted by molar-refractivity contribution is -0.127. The van der Waals surface area contributed by atoms with Gasteiger partial charge in [-0.1, -0.05) is 60.2 Å². The van der Waals surface area contributed by atoms with Crippen LogP contribution in [0.5, 0.6) is 5.75 Å². The zero-order chi connectivity index (χ0) is 23.2. The highest BCUT2D eigenvalue weighted by Gasteiger charge is 2.16. The predicted octanol–water partition coefficient (Wildman–Crippen LogP) is 5.53. The van der Waals surface area contributed by atoms with Crippen LogP contribution in [0.25, 0.3) is 16.9 Å². The van der Waals surface area contributed by atoms with Gasteiger partial charge in [-0.05, 0) is 54.0 Å². The highest BCUT2D eigenvalue weighted by molar-refractivity contribution is 9.10. The number of benzene rings is 3. The van der Waals surface area contributed by atoms with E-state index in [4.69, 9.17) is 9.84 Å². The third kappa shape index (κ3) is 5.56. The molecule has 7 heteroatoms. The van der Waals surface area contributed by atoms with Crippen LogP contribution >= 0.6 is 15.9 Å². The zero-order valence-electron chi connectivity index (χ0n) is 18.3. The minimum absolute atomic E-state index is 0.352. The summed E-state index contributed by atoms with van der Waals surface area (Å²) in [6.07, 6.45) is 2.77. The fourth-order valence-corrected chi connectivity index (χ4v) is 3.55. The number of nitrogens with zero attached hydrogens (tertiary/aromatic N) is 3. The van der Waals surface area contributed by atoms with Crippen molar-refractivity contribution in [1.29, 1.82) is 0 Å². The quantitative estimate of drug-likeness (QED) is 0.267. The van der Waals surface area contributed by atoms with Crippen LogP contribution in [0.2, 0.25) is 0 Å². The Morgan fingerprint density at radius 2 is 1.76 bits per heavy atom. The Morgan fingerprint density at radius 1 is 1.06 bits per heavy atom. The number of halogens is 1. The molecule has 3 aromatic carbocycles. The molecular weight excluding hydrogens is 480 g/mol. The van der Waals surface area contributed by atoms with Crippen LogP contribution in [0, 0.1) is 6.92 Å². The normalized spacial score (nSPS) is 12.0. The first-order valence-electron chi connectivity index (χ1n) is 10.5. The maximum atomic E-state index is 12.5. The van der Waals surface area contributed by atoms with Crippen molar-refractivity contribution < 1.29 is 9.53 Å². The summed E-state index contributed by atoms with van der Waals surface area (Å²) in [5.74, 6) is 0.240. The molecule has 1 heterocycles. The second-order valence-electron chi connectivity index (χ2n) is 7.50. The van der Waals surface area contributed by atoms with E-state index in [0.29, 0.717) is 5.75 Å². The average molecular weight is 503 g/mol. The number of aryl methyl sites for hydroxylation is 1. The molecule has 33 heavy (non-hydrogen) atoms. The first-order chi connectivity index (χ1) is 16.0. The van der Waals surface area contributed by atoms with Gasteiger partial charge in [-0.15, -0.1) is 0 Å². The molecule has 0 saturated carbocycles. The fraction of sp³-hybridized carbons (Fsp3) is 0.115.